The summed E-state index contributed by atoms with van der Waals surface area (Å²) >= 11 is 0. The van der Waals surface area contributed by atoms with Crippen LogP contribution >= 0.6 is 0 Å². The predicted molar refractivity (Wildman–Crippen MR) is 137 cm³/mol. The molecule has 190 valence electrons. The number of anilines is 1. The molecule has 0 saturated carbocycles. The number of unbranched alkanes of at least 4 members (excludes halogenated alkanes) is 5. The number of nitrogens with zero attached hydrogens (tertiary/aromatic N) is 1. The standard InChI is InChI=1S/C28H38N2O5/c1-4-6-7-8-9-10-11-26(31)29-18-21-16-23-19-30(20-35-27(23)25(17-21)33-3)24-14-12-22(13-15-24)28(32)34-5-2/h12-17H,4-11,18-20H2,1-3H3,(H,29,31). The van der Waals surface area contributed by atoms with Crippen LogP contribution in [0.2, 0.25) is 0 Å². The number of carbonyl (C=O) groups excluding carboxylic acids is 2. The van der Waals surface area contributed by atoms with Gasteiger partial charge in [-0.15, -0.1) is 0 Å². The van der Waals surface area contributed by atoms with Crippen LogP contribution in [-0.4, -0.2) is 32.3 Å². The second-order valence-electron chi connectivity index (χ2n) is 8.82. The maximum Gasteiger partial charge on any atom is 0.338 e. The summed E-state index contributed by atoms with van der Waals surface area (Å²) < 4.78 is 16.7. The zero-order chi connectivity index (χ0) is 25.0. The molecule has 0 saturated heterocycles. The number of benzene rings is 2. The van der Waals surface area contributed by atoms with Gasteiger partial charge < -0.3 is 24.4 Å². The molecule has 2 aromatic rings. The van der Waals surface area contributed by atoms with Crippen molar-refractivity contribution in [1.82, 2.24) is 5.32 Å². The molecular formula is C28H38N2O5. The topological polar surface area (TPSA) is 77.1 Å². The molecule has 7 heteroatoms. The molecule has 0 unspecified atom stereocenters. The molecule has 0 aliphatic carbocycles. The van der Waals surface area contributed by atoms with Gasteiger partial charge in [0.25, 0.3) is 0 Å². The molecule has 0 fully saturated rings. The van der Waals surface area contributed by atoms with Crippen LogP contribution in [0.1, 0.15) is 80.3 Å². The normalized spacial score (nSPS) is 12.5. The maximum atomic E-state index is 12.3. The van der Waals surface area contributed by atoms with Gasteiger partial charge in [-0.2, -0.15) is 0 Å². The van der Waals surface area contributed by atoms with E-state index in [0.717, 1.165) is 35.4 Å². The third-order valence-electron chi connectivity index (χ3n) is 6.13. The highest BCUT2D eigenvalue weighted by atomic mass is 16.5. The fraction of sp³-hybridized carbons (Fsp3) is 0.500. The molecule has 1 aliphatic heterocycles. The van der Waals surface area contributed by atoms with Crippen LogP contribution in [0.15, 0.2) is 36.4 Å². The van der Waals surface area contributed by atoms with Crippen molar-refractivity contribution in [3.05, 3.63) is 53.1 Å². The Morgan fingerprint density at radius 1 is 1.03 bits per heavy atom. The van der Waals surface area contributed by atoms with E-state index in [4.69, 9.17) is 14.2 Å². The Morgan fingerprint density at radius 2 is 1.77 bits per heavy atom. The van der Waals surface area contributed by atoms with E-state index >= 15 is 0 Å². The van der Waals surface area contributed by atoms with Crippen LogP contribution in [0.3, 0.4) is 0 Å². The summed E-state index contributed by atoms with van der Waals surface area (Å²) in [6, 6.07) is 11.3. The fourth-order valence-corrected chi connectivity index (χ4v) is 4.20. The monoisotopic (exact) mass is 482 g/mol. The van der Waals surface area contributed by atoms with Gasteiger partial charge in [-0.05, 0) is 55.3 Å². The van der Waals surface area contributed by atoms with E-state index in [0.29, 0.717) is 44.2 Å². The number of esters is 1. The lowest BCUT2D eigenvalue weighted by molar-refractivity contribution is -0.121. The van der Waals surface area contributed by atoms with Crippen LogP contribution in [0, 0.1) is 0 Å². The van der Waals surface area contributed by atoms with Gasteiger partial charge in [0.05, 0.1) is 19.3 Å². The van der Waals surface area contributed by atoms with Crippen LogP contribution < -0.4 is 19.7 Å². The maximum absolute atomic E-state index is 12.3. The number of carbonyl (C=O) groups is 2. The van der Waals surface area contributed by atoms with E-state index in [1.807, 2.05) is 18.2 Å². The second kappa shape index (κ2) is 13.6. The van der Waals surface area contributed by atoms with Crippen molar-refractivity contribution in [3.63, 3.8) is 0 Å². The first kappa shape index (κ1) is 26.4. The van der Waals surface area contributed by atoms with Crippen molar-refractivity contribution in [2.24, 2.45) is 0 Å². The van der Waals surface area contributed by atoms with Gasteiger partial charge in [0.1, 0.15) is 0 Å². The molecular weight excluding hydrogens is 444 g/mol. The van der Waals surface area contributed by atoms with Gasteiger partial charge in [-0.1, -0.05) is 39.0 Å². The number of amides is 1. The number of ether oxygens (including phenoxy) is 3. The lowest BCUT2D eigenvalue weighted by Crippen LogP contribution is -2.32. The minimum absolute atomic E-state index is 0.0803. The van der Waals surface area contributed by atoms with Gasteiger partial charge in [-0.25, -0.2) is 4.79 Å². The molecule has 1 N–H and O–H groups in total. The fourth-order valence-electron chi connectivity index (χ4n) is 4.20. The minimum atomic E-state index is -0.327. The van der Waals surface area contributed by atoms with Crippen molar-refractivity contribution in [2.45, 2.75) is 71.9 Å². The molecule has 1 heterocycles. The van der Waals surface area contributed by atoms with E-state index in [9.17, 15) is 9.59 Å². The number of hydrogen-bond acceptors (Lipinski definition) is 6. The number of rotatable bonds is 13. The molecule has 3 rings (SSSR count). The highest BCUT2D eigenvalue weighted by molar-refractivity contribution is 5.89. The molecule has 1 aliphatic rings. The van der Waals surface area contributed by atoms with E-state index < -0.39 is 0 Å². The first-order valence-corrected chi connectivity index (χ1v) is 12.7. The first-order valence-electron chi connectivity index (χ1n) is 12.7. The summed E-state index contributed by atoms with van der Waals surface area (Å²) in [6.07, 6.45) is 7.55. The van der Waals surface area contributed by atoms with Crippen LogP contribution in [-0.2, 0) is 22.6 Å². The van der Waals surface area contributed by atoms with Crippen molar-refractivity contribution < 1.29 is 23.8 Å². The highest BCUT2D eigenvalue weighted by Crippen LogP contribution is 2.37. The van der Waals surface area contributed by atoms with Gasteiger partial charge in [0, 0.05) is 30.8 Å². The van der Waals surface area contributed by atoms with Gasteiger partial charge in [0.2, 0.25) is 5.91 Å². The number of methoxy groups -OCH3 is 1. The Morgan fingerprint density at radius 3 is 2.49 bits per heavy atom. The third-order valence-corrected chi connectivity index (χ3v) is 6.13. The summed E-state index contributed by atoms with van der Waals surface area (Å²) in [5.41, 5.74) is 3.43. The quantitative estimate of drug-likeness (QED) is 0.296. The van der Waals surface area contributed by atoms with E-state index in [2.05, 4.69) is 23.2 Å². The van der Waals surface area contributed by atoms with Crippen molar-refractivity contribution in [3.8, 4) is 11.5 Å². The smallest absolute Gasteiger partial charge is 0.338 e. The number of fused-ring (bicyclic) bond motifs is 1. The van der Waals surface area contributed by atoms with Crippen LogP contribution in [0.5, 0.6) is 11.5 Å². The Kier molecular flexibility index (Phi) is 10.3. The largest absolute Gasteiger partial charge is 0.493 e. The molecule has 7 nitrogen and oxygen atoms in total. The van der Waals surface area contributed by atoms with Crippen molar-refractivity contribution in [2.75, 3.05) is 25.3 Å². The van der Waals surface area contributed by atoms with E-state index in [-0.39, 0.29) is 11.9 Å². The zero-order valence-corrected chi connectivity index (χ0v) is 21.2. The molecule has 0 bridgehead atoms. The Labute approximate surface area is 208 Å². The lowest BCUT2D eigenvalue weighted by atomic mass is 10.1. The summed E-state index contributed by atoms with van der Waals surface area (Å²) in [4.78, 5) is 26.3. The average Bonchev–Trinajstić information content (AvgIpc) is 2.88. The molecule has 0 radical (unpaired) electrons. The first-order chi connectivity index (χ1) is 17.0. The second-order valence-corrected chi connectivity index (χ2v) is 8.82. The zero-order valence-electron chi connectivity index (χ0n) is 21.2. The molecule has 1 amide bonds. The average molecular weight is 483 g/mol. The van der Waals surface area contributed by atoms with Crippen LogP contribution in [0.4, 0.5) is 5.69 Å². The predicted octanol–water partition coefficient (Wildman–Crippen LogP) is 5.60. The minimum Gasteiger partial charge on any atom is -0.493 e. The number of hydrogen-bond donors (Lipinski definition) is 1. The van der Waals surface area contributed by atoms with E-state index in [1.54, 1.807) is 26.2 Å². The summed E-state index contributed by atoms with van der Waals surface area (Å²) in [5.74, 6) is 1.15. The van der Waals surface area contributed by atoms with Crippen LogP contribution in [0.25, 0.3) is 0 Å². The summed E-state index contributed by atoms with van der Waals surface area (Å²) in [5, 5.41) is 3.04. The third kappa shape index (κ3) is 7.64. The molecule has 35 heavy (non-hydrogen) atoms. The summed E-state index contributed by atoms with van der Waals surface area (Å²) in [7, 11) is 1.63. The Hall–Kier alpha value is -3.22. The van der Waals surface area contributed by atoms with E-state index in [1.165, 1.54) is 25.7 Å². The van der Waals surface area contributed by atoms with Crippen molar-refractivity contribution in [1.29, 1.82) is 0 Å². The van der Waals surface area contributed by atoms with Gasteiger partial charge in [-0.3, -0.25) is 4.79 Å². The Bertz CT molecular complexity index is 974. The van der Waals surface area contributed by atoms with Gasteiger partial charge in [0.15, 0.2) is 18.2 Å². The molecule has 0 atom stereocenters. The lowest BCUT2D eigenvalue weighted by Gasteiger charge is -2.32. The molecule has 0 spiro atoms. The summed E-state index contributed by atoms with van der Waals surface area (Å²) in [6.45, 7) is 5.80. The number of nitrogens with one attached hydrogen (secondary N) is 1. The SMILES string of the molecule is CCCCCCCCC(=O)NCc1cc2c(c(OC)c1)OCN(c1ccc(C(=O)OCC)cc1)C2. The van der Waals surface area contributed by atoms with Gasteiger partial charge >= 0.3 is 5.97 Å². The highest BCUT2D eigenvalue weighted by Gasteiger charge is 2.22. The van der Waals surface area contributed by atoms with Crippen molar-refractivity contribution >= 4 is 17.6 Å². The molecule has 2 aromatic carbocycles. The molecule has 0 aromatic heterocycles. The Balaban J connectivity index is 1.59.